The fourth-order valence-electron chi connectivity index (χ4n) is 1.18. The Kier molecular flexibility index (Phi) is 3.98. The summed E-state index contributed by atoms with van der Waals surface area (Å²) in [4.78, 5) is 5.62. The second-order valence-electron chi connectivity index (χ2n) is 3.42. The molecule has 0 saturated heterocycles. The maximum Gasteiger partial charge on any atom is 0.390 e. The highest BCUT2D eigenvalue weighted by Crippen LogP contribution is 2.21. The molecule has 0 bridgehead atoms. The van der Waals surface area contributed by atoms with Gasteiger partial charge in [0.2, 0.25) is 0 Å². The predicted octanol–water partition coefficient (Wildman–Crippen LogP) is 2.51. The number of anilines is 2. The lowest BCUT2D eigenvalue weighted by Crippen LogP contribution is -2.24. The topological polar surface area (TPSA) is 28.2 Å². The average molecular weight is 233 g/mol. The van der Waals surface area contributed by atoms with Crippen molar-refractivity contribution >= 4 is 11.6 Å². The van der Waals surface area contributed by atoms with Gasteiger partial charge in [-0.05, 0) is 12.1 Å². The molecular weight excluding hydrogens is 219 g/mol. The lowest BCUT2D eigenvalue weighted by atomic mass is 10.3. The van der Waals surface area contributed by atoms with Crippen LogP contribution in [0.5, 0.6) is 0 Å². The van der Waals surface area contributed by atoms with E-state index in [0.717, 1.165) is 0 Å². The Morgan fingerprint density at radius 3 is 2.62 bits per heavy atom. The summed E-state index contributed by atoms with van der Waals surface area (Å²) in [6.07, 6.45) is -4.97. The first kappa shape index (κ1) is 12.6. The quantitative estimate of drug-likeness (QED) is 0.866. The maximum atomic E-state index is 12.0. The second kappa shape index (κ2) is 5.05. The summed E-state index contributed by atoms with van der Waals surface area (Å²) in [6.45, 7) is -0.0936. The number of aromatic nitrogens is 1. The van der Waals surface area contributed by atoms with E-state index in [2.05, 4.69) is 10.3 Å². The highest BCUT2D eigenvalue weighted by molar-refractivity contribution is 5.46. The zero-order chi connectivity index (χ0) is 12.2. The first-order valence-electron chi connectivity index (χ1n) is 4.85. The molecule has 90 valence electrons. The highest BCUT2D eigenvalue weighted by Gasteiger charge is 2.27. The van der Waals surface area contributed by atoms with Crippen molar-refractivity contribution in [1.82, 2.24) is 4.98 Å². The van der Waals surface area contributed by atoms with Crippen LogP contribution in [0.3, 0.4) is 0 Å². The standard InChI is InChI=1S/C10H14F3N3/c1-14-8-4-3-5-9(15-8)16(2)7-6-10(11,12)13/h3-5H,6-7H2,1-2H3,(H,14,15). The molecule has 3 nitrogen and oxygen atoms in total. The van der Waals surface area contributed by atoms with Crippen LogP contribution in [0.4, 0.5) is 24.8 Å². The Morgan fingerprint density at radius 2 is 2.06 bits per heavy atom. The Balaban J connectivity index is 2.62. The third-order valence-corrected chi connectivity index (χ3v) is 2.11. The Hall–Kier alpha value is -1.46. The van der Waals surface area contributed by atoms with Crippen LogP contribution in [0.2, 0.25) is 0 Å². The van der Waals surface area contributed by atoms with Gasteiger partial charge in [0.15, 0.2) is 0 Å². The molecular formula is C10H14F3N3. The summed E-state index contributed by atoms with van der Waals surface area (Å²) in [5.74, 6) is 1.16. The minimum absolute atomic E-state index is 0.0936. The van der Waals surface area contributed by atoms with Crippen molar-refractivity contribution in [3.8, 4) is 0 Å². The van der Waals surface area contributed by atoms with Gasteiger partial charge in [0.25, 0.3) is 0 Å². The third kappa shape index (κ3) is 3.96. The van der Waals surface area contributed by atoms with Crippen molar-refractivity contribution in [3.05, 3.63) is 18.2 Å². The smallest absolute Gasteiger partial charge is 0.373 e. The van der Waals surface area contributed by atoms with Crippen LogP contribution < -0.4 is 10.2 Å². The molecule has 0 fully saturated rings. The number of halogens is 3. The molecule has 1 N–H and O–H groups in total. The van der Waals surface area contributed by atoms with Crippen molar-refractivity contribution < 1.29 is 13.2 Å². The number of nitrogens with one attached hydrogen (secondary N) is 1. The van der Waals surface area contributed by atoms with Crippen molar-refractivity contribution in [1.29, 1.82) is 0 Å². The van der Waals surface area contributed by atoms with Crippen LogP contribution in [0.1, 0.15) is 6.42 Å². The number of hydrogen-bond acceptors (Lipinski definition) is 3. The summed E-state index contributed by atoms with van der Waals surface area (Å²) in [5, 5.41) is 2.83. The summed E-state index contributed by atoms with van der Waals surface area (Å²) in [5.41, 5.74) is 0. The van der Waals surface area contributed by atoms with E-state index in [1.807, 2.05) is 0 Å². The Bertz CT molecular complexity index is 338. The molecule has 0 unspecified atom stereocenters. The van der Waals surface area contributed by atoms with Crippen molar-refractivity contribution in [2.45, 2.75) is 12.6 Å². The van der Waals surface area contributed by atoms with Gasteiger partial charge < -0.3 is 10.2 Å². The van der Waals surface area contributed by atoms with Gasteiger partial charge in [-0.25, -0.2) is 4.98 Å². The van der Waals surface area contributed by atoms with Gasteiger partial charge in [-0.1, -0.05) is 6.07 Å². The van der Waals surface area contributed by atoms with Gasteiger partial charge in [0.1, 0.15) is 11.6 Å². The van der Waals surface area contributed by atoms with Gasteiger partial charge in [-0.2, -0.15) is 13.2 Å². The van der Waals surface area contributed by atoms with Gasteiger partial charge in [-0.3, -0.25) is 0 Å². The summed E-state index contributed by atoms with van der Waals surface area (Å²) in [7, 11) is 3.30. The first-order valence-corrected chi connectivity index (χ1v) is 4.85. The molecule has 6 heteroatoms. The molecule has 16 heavy (non-hydrogen) atoms. The van der Waals surface area contributed by atoms with Gasteiger partial charge >= 0.3 is 6.18 Å². The first-order chi connectivity index (χ1) is 7.42. The number of rotatable bonds is 4. The van der Waals surface area contributed by atoms with Crippen LogP contribution in [-0.4, -0.2) is 31.8 Å². The van der Waals surface area contributed by atoms with Gasteiger partial charge in [0, 0.05) is 20.6 Å². The van der Waals surface area contributed by atoms with Crippen LogP contribution in [-0.2, 0) is 0 Å². The summed E-state index contributed by atoms with van der Waals surface area (Å²) >= 11 is 0. The third-order valence-electron chi connectivity index (χ3n) is 2.11. The monoisotopic (exact) mass is 233 g/mol. The van der Waals surface area contributed by atoms with E-state index in [-0.39, 0.29) is 6.54 Å². The molecule has 1 rings (SSSR count). The lowest BCUT2D eigenvalue weighted by molar-refractivity contribution is -0.132. The molecule has 0 aliphatic carbocycles. The number of nitrogens with zero attached hydrogens (tertiary/aromatic N) is 2. The van der Waals surface area contributed by atoms with E-state index in [1.165, 1.54) is 4.90 Å². The van der Waals surface area contributed by atoms with E-state index in [0.29, 0.717) is 11.6 Å². The molecule has 1 aromatic rings. The van der Waals surface area contributed by atoms with Crippen LogP contribution in [0.25, 0.3) is 0 Å². The van der Waals surface area contributed by atoms with Crippen molar-refractivity contribution in [2.75, 3.05) is 30.9 Å². The van der Waals surface area contributed by atoms with Gasteiger partial charge in [-0.15, -0.1) is 0 Å². The fraction of sp³-hybridized carbons (Fsp3) is 0.500. The largest absolute Gasteiger partial charge is 0.390 e. The van der Waals surface area contributed by atoms with E-state index in [1.54, 1.807) is 32.3 Å². The molecule has 0 amide bonds. The fourth-order valence-corrected chi connectivity index (χ4v) is 1.18. The van der Waals surface area contributed by atoms with Crippen LogP contribution >= 0.6 is 0 Å². The van der Waals surface area contributed by atoms with E-state index in [9.17, 15) is 13.2 Å². The number of hydrogen-bond donors (Lipinski definition) is 1. The minimum Gasteiger partial charge on any atom is -0.373 e. The van der Waals surface area contributed by atoms with Crippen molar-refractivity contribution in [2.24, 2.45) is 0 Å². The van der Waals surface area contributed by atoms with E-state index in [4.69, 9.17) is 0 Å². The molecule has 0 spiro atoms. The summed E-state index contributed by atoms with van der Waals surface area (Å²) < 4.78 is 36.1. The SMILES string of the molecule is CNc1cccc(N(C)CCC(F)(F)F)n1. The minimum atomic E-state index is -4.13. The van der Waals surface area contributed by atoms with Gasteiger partial charge in [0.05, 0.1) is 6.42 Å². The predicted molar refractivity (Wildman–Crippen MR) is 57.7 cm³/mol. The number of pyridine rings is 1. The zero-order valence-corrected chi connectivity index (χ0v) is 9.17. The van der Waals surface area contributed by atoms with E-state index < -0.39 is 12.6 Å². The molecule has 0 aliphatic rings. The highest BCUT2D eigenvalue weighted by atomic mass is 19.4. The molecule has 1 heterocycles. The van der Waals surface area contributed by atoms with E-state index >= 15 is 0 Å². The Labute approximate surface area is 92.3 Å². The van der Waals surface area contributed by atoms with Crippen LogP contribution in [0, 0.1) is 0 Å². The molecule has 0 aromatic carbocycles. The lowest BCUT2D eigenvalue weighted by Gasteiger charge is -2.19. The second-order valence-corrected chi connectivity index (χ2v) is 3.42. The molecule has 0 atom stereocenters. The molecule has 0 saturated carbocycles. The molecule has 1 aromatic heterocycles. The molecule has 0 aliphatic heterocycles. The Morgan fingerprint density at radius 1 is 1.38 bits per heavy atom. The maximum absolute atomic E-state index is 12.0. The van der Waals surface area contributed by atoms with Crippen LogP contribution in [0.15, 0.2) is 18.2 Å². The molecule has 0 radical (unpaired) electrons. The normalized spacial score (nSPS) is 11.3. The van der Waals surface area contributed by atoms with Crippen molar-refractivity contribution in [3.63, 3.8) is 0 Å². The average Bonchev–Trinajstić information content (AvgIpc) is 2.25. The summed E-state index contributed by atoms with van der Waals surface area (Å²) in [6, 6.07) is 5.18. The zero-order valence-electron chi connectivity index (χ0n) is 9.17. The number of alkyl halides is 3.